The maximum absolute atomic E-state index is 12.2. The maximum Gasteiger partial charge on any atom is 0.237 e. The minimum Gasteiger partial charge on any atom is -0.358 e. The van der Waals surface area contributed by atoms with Gasteiger partial charge in [0, 0.05) is 18.1 Å². The van der Waals surface area contributed by atoms with Crippen LogP contribution in [0.15, 0.2) is 24.3 Å². The van der Waals surface area contributed by atoms with Crippen molar-refractivity contribution in [3.63, 3.8) is 0 Å². The van der Waals surface area contributed by atoms with Crippen LogP contribution in [0.5, 0.6) is 0 Å². The minimum atomic E-state index is -0.101. The number of carbonyl (C=O) groups excluding carboxylic acids is 1. The molecule has 3 atom stereocenters. The van der Waals surface area contributed by atoms with Gasteiger partial charge in [0.15, 0.2) is 0 Å². The van der Waals surface area contributed by atoms with Crippen LogP contribution in [0.25, 0.3) is 0 Å². The largest absolute Gasteiger partial charge is 0.358 e. The van der Waals surface area contributed by atoms with E-state index in [1.54, 1.807) is 7.05 Å². The van der Waals surface area contributed by atoms with Crippen molar-refractivity contribution in [2.24, 2.45) is 5.73 Å². The lowest BCUT2D eigenvalue weighted by Gasteiger charge is -2.42. The number of benzene rings is 1. The fourth-order valence-corrected chi connectivity index (χ4v) is 3.32. The molecule has 0 radical (unpaired) electrons. The molecule has 4 nitrogen and oxygen atoms in total. The first-order chi connectivity index (χ1) is 10.0. The summed E-state index contributed by atoms with van der Waals surface area (Å²) in [6, 6.07) is 7.64. The molecule has 116 valence electrons. The molecule has 5 heteroatoms. The number of halogens is 1. The normalized spacial score (nSPS) is 22.6. The molecule has 0 saturated carbocycles. The van der Waals surface area contributed by atoms with E-state index in [-0.39, 0.29) is 24.0 Å². The molecule has 1 fully saturated rings. The molecule has 0 aromatic heterocycles. The van der Waals surface area contributed by atoms with Gasteiger partial charge in [0.1, 0.15) is 0 Å². The Balaban J connectivity index is 2.31. The van der Waals surface area contributed by atoms with Crippen LogP contribution < -0.4 is 11.1 Å². The fourth-order valence-electron chi connectivity index (χ4n) is 3.19. The number of hydrogen-bond donors (Lipinski definition) is 2. The van der Waals surface area contributed by atoms with Gasteiger partial charge in [0.25, 0.3) is 0 Å². The molecule has 1 aliphatic rings. The SMILES string of the molecule is CNC(=O)C1CCCCN1C(c1ccc(Cl)cc1)C(C)N. The second kappa shape index (κ2) is 7.25. The molecule has 1 saturated heterocycles. The van der Waals surface area contributed by atoms with E-state index in [2.05, 4.69) is 10.2 Å². The molecule has 1 aromatic rings. The van der Waals surface area contributed by atoms with Gasteiger partial charge >= 0.3 is 0 Å². The van der Waals surface area contributed by atoms with Gasteiger partial charge in [-0.05, 0) is 44.0 Å². The molecule has 21 heavy (non-hydrogen) atoms. The Bertz CT molecular complexity index is 475. The smallest absolute Gasteiger partial charge is 0.237 e. The van der Waals surface area contributed by atoms with Crippen molar-refractivity contribution in [3.8, 4) is 0 Å². The zero-order valence-electron chi connectivity index (χ0n) is 12.7. The van der Waals surface area contributed by atoms with E-state index in [4.69, 9.17) is 17.3 Å². The Hall–Kier alpha value is -1.10. The van der Waals surface area contributed by atoms with Crippen LogP contribution >= 0.6 is 11.6 Å². The van der Waals surface area contributed by atoms with Crippen LogP contribution in [0, 0.1) is 0 Å². The summed E-state index contributed by atoms with van der Waals surface area (Å²) in [6.45, 7) is 2.89. The van der Waals surface area contributed by atoms with Crippen molar-refractivity contribution in [2.45, 2.75) is 44.3 Å². The predicted octanol–water partition coefficient (Wildman–Crippen LogP) is 2.33. The number of piperidine rings is 1. The Labute approximate surface area is 131 Å². The topological polar surface area (TPSA) is 58.4 Å². The molecular formula is C16H24ClN3O. The van der Waals surface area contributed by atoms with Crippen molar-refractivity contribution >= 4 is 17.5 Å². The van der Waals surface area contributed by atoms with Gasteiger partial charge in [0.05, 0.1) is 12.1 Å². The Morgan fingerprint density at radius 3 is 2.62 bits per heavy atom. The van der Waals surface area contributed by atoms with Gasteiger partial charge in [-0.2, -0.15) is 0 Å². The average molecular weight is 310 g/mol. The first-order valence-corrected chi connectivity index (χ1v) is 7.90. The number of rotatable bonds is 4. The van der Waals surface area contributed by atoms with Crippen molar-refractivity contribution < 1.29 is 4.79 Å². The molecule has 3 N–H and O–H groups in total. The first kappa shape index (κ1) is 16.3. The highest BCUT2D eigenvalue weighted by Crippen LogP contribution is 2.31. The number of likely N-dealkylation sites (N-methyl/N-ethyl adjacent to an activating group) is 1. The van der Waals surface area contributed by atoms with Crippen LogP contribution in [0.1, 0.15) is 37.8 Å². The highest BCUT2D eigenvalue weighted by Gasteiger charge is 2.35. The lowest BCUT2D eigenvalue weighted by Crippen LogP contribution is -2.53. The molecule has 0 spiro atoms. The van der Waals surface area contributed by atoms with Crippen LogP contribution in [-0.4, -0.2) is 36.5 Å². The number of carbonyl (C=O) groups is 1. The van der Waals surface area contributed by atoms with Gasteiger partial charge in [0.2, 0.25) is 5.91 Å². The number of likely N-dealkylation sites (tertiary alicyclic amines) is 1. The Kier molecular flexibility index (Phi) is 5.62. The van der Waals surface area contributed by atoms with Gasteiger partial charge < -0.3 is 11.1 Å². The van der Waals surface area contributed by atoms with Gasteiger partial charge in [-0.3, -0.25) is 9.69 Å². The molecule has 1 heterocycles. The zero-order chi connectivity index (χ0) is 15.4. The molecule has 1 aromatic carbocycles. The third-order valence-corrected chi connectivity index (χ3v) is 4.41. The predicted molar refractivity (Wildman–Crippen MR) is 86.3 cm³/mol. The van der Waals surface area contributed by atoms with Crippen molar-refractivity contribution in [1.29, 1.82) is 0 Å². The summed E-state index contributed by atoms with van der Waals surface area (Å²) in [4.78, 5) is 14.4. The molecule has 0 aliphatic carbocycles. The van der Waals surface area contributed by atoms with Crippen molar-refractivity contribution in [3.05, 3.63) is 34.9 Å². The van der Waals surface area contributed by atoms with Crippen LogP contribution in [0.2, 0.25) is 5.02 Å². The zero-order valence-corrected chi connectivity index (χ0v) is 13.4. The second-order valence-corrected chi connectivity index (χ2v) is 6.16. The fraction of sp³-hybridized carbons (Fsp3) is 0.562. The molecule has 2 rings (SSSR count). The summed E-state index contributed by atoms with van der Waals surface area (Å²) in [7, 11) is 1.69. The highest BCUT2D eigenvalue weighted by atomic mass is 35.5. The average Bonchev–Trinajstić information content (AvgIpc) is 2.49. The number of hydrogen-bond acceptors (Lipinski definition) is 3. The lowest BCUT2D eigenvalue weighted by molar-refractivity contribution is -0.128. The first-order valence-electron chi connectivity index (χ1n) is 7.53. The molecule has 3 unspecified atom stereocenters. The minimum absolute atomic E-state index is 0.0323. The van der Waals surface area contributed by atoms with E-state index < -0.39 is 0 Å². The standard InChI is InChI=1S/C16H24ClN3O/c1-11(18)15(12-6-8-13(17)9-7-12)20-10-4-3-5-14(20)16(21)19-2/h6-9,11,14-15H,3-5,10,18H2,1-2H3,(H,19,21). The van der Waals surface area contributed by atoms with E-state index in [0.717, 1.165) is 31.4 Å². The molecule has 1 aliphatic heterocycles. The summed E-state index contributed by atoms with van der Waals surface area (Å²) in [5, 5.41) is 3.49. The van der Waals surface area contributed by atoms with E-state index >= 15 is 0 Å². The number of amides is 1. The van der Waals surface area contributed by atoms with Gasteiger partial charge in [-0.15, -0.1) is 0 Å². The Morgan fingerprint density at radius 1 is 1.38 bits per heavy atom. The summed E-state index contributed by atoms with van der Waals surface area (Å²) < 4.78 is 0. The third-order valence-electron chi connectivity index (χ3n) is 4.16. The van der Waals surface area contributed by atoms with E-state index in [9.17, 15) is 4.79 Å². The highest BCUT2D eigenvalue weighted by molar-refractivity contribution is 6.30. The van der Waals surface area contributed by atoms with Crippen molar-refractivity contribution in [2.75, 3.05) is 13.6 Å². The number of nitrogens with two attached hydrogens (primary N) is 1. The quantitative estimate of drug-likeness (QED) is 0.897. The second-order valence-electron chi connectivity index (χ2n) is 5.72. The summed E-state index contributed by atoms with van der Waals surface area (Å²) >= 11 is 5.97. The van der Waals surface area contributed by atoms with E-state index in [0.29, 0.717) is 5.02 Å². The van der Waals surface area contributed by atoms with Crippen LogP contribution in [0.4, 0.5) is 0 Å². The van der Waals surface area contributed by atoms with E-state index in [1.807, 2.05) is 31.2 Å². The lowest BCUT2D eigenvalue weighted by atomic mass is 9.92. The summed E-state index contributed by atoms with van der Waals surface area (Å²) in [6.07, 6.45) is 3.07. The van der Waals surface area contributed by atoms with Crippen LogP contribution in [-0.2, 0) is 4.79 Å². The van der Waals surface area contributed by atoms with Crippen LogP contribution in [0.3, 0.4) is 0 Å². The van der Waals surface area contributed by atoms with Gasteiger partial charge in [-0.25, -0.2) is 0 Å². The van der Waals surface area contributed by atoms with Gasteiger partial charge in [-0.1, -0.05) is 30.2 Å². The molecule has 1 amide bonds. The Morgan fingerprint density at radius 2 is 2.05 bits per heavy atom. The third kappa shape index (κ3) is 3.76. The summed E-state index contributed by atoms with van der Waals surface area (Å²) in [5.41, 5.74) is 7.35. The number of nitrogens with zero attached hydrogens (tertiary/aromatic N) is 1. The van der Waals surface area contributed by atoms with E-state index in [1.165, 1.54) is 0 Å². The summed E-state index contributed by atoms with van der Waals surface area (Å²) in [5.74, 6) is 0.0781. The van der Waals surface area contributed by atoms with Crippen molar-refractivity contribution in [1.82, 2.24) is 10.2 Å². The maximum atomic E-state index is 12.2. The molecule has 0 bridgehead atoms. The number of nitrogens with one attached hydrogen (secondary N) is 1. The molecular weight excluding hydrogens is 286 g/mol. The monoisotopic (exact) mass is 309 g/mol.